The summed E-state index contributed by atoms with van der Waals surface area (Å²) in [5.74, 6) is 1.45. The fourth-order valence-corrected chi connectivity index (χ4v) is 1.74. The van der Waals surface area contributed by atoms with Crippen molar-refractivity contribution >= 4 is 0 Å². The monoisotopic (exact) mass is 234 g/mol. The third-order valence-corrected chi connectivity index (χ3v) is 2.60. The first kappa shape index (κ1) is 11.3. The molecule has 2 aromatic rings. The molecule has 0 aliphatic carbocycles. The lowest BCUT2D eigenvalue weighted by Gasteiger charge is -2.11. The van der Waals surface area contributed by atoms with Crippen molar-refractivity contribution in [2.75, 3.05) is 14.2 Å². The zero-order valence-corrected chi connectivity index (χ0v) is 9.96. The van der Waals surface area contributed by atoms with Gasteiger partial charge in [-0.05, 0) is 24.6 Å². The van der Waals surface area contributed by atoms with Gasteiger partial charge in [-0.2, -0.15) is 0 Å². The molecule has 0 aliphatic heterocycles. The fourth-order valence-electron chi connectivity index (χ4n) is 1.74. The zero-order valence-electron chi connectivity index (χ0n) is 9.96. The summed E-state index contributed by atoms with van der Waals surface area (Å²) in [4.78, 5) is 11.1. The predicted molar refractivity (Wildman–Crippen MR) is 64.7 cm³/mol. The molecule has 1 aromatic heterocycles. The number of hydrogen-bond acceptors (Lipinski definition) is 3. The Balaban J connectivity index is 2.62. The molecule has 1 heterocycles. The van der Waals surface area contributed by atoms with E-state index in [1.54, 1.807) is 14.2 Å². The van der Waals surface area contributed by atoms with Gasteiger partial charge in [-0.3, -0.25) is 15.0 Å². The number of aryl methyl sites for hydroxylation is 1. The molecule has 2 rings (SSSR count). The standard InChI is InChI=1S/C12H14N2O3/c1-7-4-11(17-3)8(5-10(7)16-2)9-6-12(15)14-13-9/h4-6H,1-3H3,(H2,13,14,15). The van der Waals surface area contributed by atoms with Gasteiger partial charge in [0.1, 0.15) is 11.5 Å². The first-order valence-corrected chi connectivity index (χ1v) is 5.16. The first-order valence-electron chi connectivity index (χ1n) is 5.16. The molecule has 17 heavy (non-hydrogen) atoms. The van der Waals surface area contributed by atoms with Gasteiger partial charge < -0.3 is 9.47 Å². The molecule has 0 bridgehead atoms. The Morgan fingerprint density at radius 1 is 1.00 bits per heavy atom. The molecule has 0 spiro atoms. The van der Waals surface area contributed by atoms with Crippen LogP contribution in [0, 0.1) is 6.92 Å². The molecule has 90 valence electrons. The summed E-state index contributed by atoms with van der Waals surface area (Å²) in [5, 5.41) is 5.29. The number of ether oxygens (including phenoxy) is 2. The van der Waals surface area contributed by atoms with E-state index in [1.807, 2.05) is 19.1 Å². The van der Waals surface area contributed by atoms with Crippen LogP contribution in [0.15, 0.2) is 23.0 Å². The summed E-state index contributed by atoms with van der Waals surface area (Å²) in [7, 11) is 3.20. The van der Waals surface area contributed by atoms with E-state index >= 15 is 0 Å². The first-order chi connectivity index (χ1) is 8.15. The van der Waals surface area contributed by atoms with Gasteiger partial charge in [0.2, 0.25) is 0 Å². The van der Waals surface area contributed by atoms with E-state index in [2.05, 4.69) is 10.2 Å². The van der Waals surface area contributed by atoms with Crippen molar-refractivity contribution in [3.05, 3.63) is 34.1 Å². The third-order valence-electron chi connectivity index (χ3n) is 2.60. The number of methoxy groups -OCH3 is 2. The Kier molecular flexibility index (Phi) is 2.91. The van der Waals surface area contributed by atoms with Crippen LogP contribution in [0.3, 0.4) is 0 Å². The Morgan fingerprint density at radius 2 is 1.71 bits per heavy atom. The van der Waals surface area contributed by atoms with Crippen molar-refractivity contribution in [2.24, 2.45) is 0 Å². The van der Waals surface area contributed by atoms with Crippen LogP contribution in [0.25, 0.3) is 11.3 Å². The average molecular weight is 234 g/mol. The normalized spacial score (nSPS) is 10.3. The van der Waals surface area contributed by atoms with E-state index in [0.29, 0.717) is 11.4 Å². The molecule has 0 radical (unpaired) electrons. The second kappa shape index (κ2) is 4.37. The molecule has 0 amide bonds. The minimum atomic E-state index is -0.179. The SMILES string of the molecule is COc1cc(-c2cc(=O)[nH][nH]2)c(OC)cc1C. The van der Waals surface area contributed by atoms with Gasteiger partial charge in [-0.15, -0.1) is 0 Å². The number of H-pyrrole nitrogens is 2. The Morgan fingerprint density at radius 3 is 2.24 bits per heavy atom. The van der Waals surface area contributed by atoms with Crippen LogP contribution in [0.2, 0.25) is 0 Å². The number of benzene rings is 1. The molecule has 5 heteroatoms. The summed E-state index contributed by atoms with van der Waals surface area (Å²) in [6.07, 6.45) is 0. The molecule has 1 aromatic carbocycles. The van der Waals surface area contributed by atoms with Gasteiger partial charge in [0.05, 0.1) is 19.9 Å². The quantitative estimate of drug-likeness (QED) is 0.849. The maximum absolute atomic E-state index is 11.1. The van der Waals surface area contributed by atoms with Crippen LogP contribution >= 0.6 is 0 Å². The highest BCUT2D eigenvalue weighted by atomic mass is 16.5. The van der Waals surface area contributed by atoms with E-state index in [0.717, 1.165) is 16.9 Å². The summed E-state index contributed by atoms with van der Waals surface area (Å²) in [6, 6.07) is 5.19. The fraction of sp³-hybridized carbons (Fsp3) is 0.250. The van der Waals surface area contributed by atoms with Crippen LogP contribution in [-0.2, 0) is 0 Å². The molecule has 0 saturated heterocycles. The van der Waals surface area contributed by atoms with Crippen LogP contribution in [0.5, 0.6) is 11.5 Å². The summed E-state index contributed by atoms with van der Waals surface area (Å²) in [6.45, 7) is 1.94. The molecule has 5 nitrogen and oxygen atoms in total. The van der Waals surface area contributed by atoms with Crippen molar-refractivity contribution in [3.8, 4) is 22.8 Å². The lowest BCUT2D eigenvalue weighted by atomic mass is 10.1. The minimum absolute atomic E-state index is 0.179. The van der Waals surface area contributed by atoms with E-state index < -0.39 is 0 Å². The molecule has 0 unspecified atom stereocenters. The minimum Gasteiger partial charge on any atom is -0.496 e. The van der Waals surface area contributed by atoms with Gasteiger partial charge in [0.25, 0.3) is 5.56 Å². The van der Waals surface area contributed by atoms with Gasteiger partial charge in [0, 0.05) is 11.6 Å². The number of nitrogens with one attached hydrogen (secondary N) is 2. The van der Waals surface area contributed by atoms with Crippen molar-refractivity contribution in [2.45, 2.75) is 6.92 Å². The number of rotatable bonds is 3. The summed E-state index contributed by atoms with van der Waals surface area (Å²) >= 11 is 0. The molecule has 2 N–H and O–H groups in total. The maximum atomic E-state index is 11.1. The summed E-state index contributed by atoms with van der Waals surface area (Å²) in [5.41, 5.74) is 2.26. The van der Waals surface area contributed by atoms with Crippen LogP contribution in [0.1, 0.15) is 5.56 Å². The maximum Gasteiger partial charge on any atom is 0.264 e. The smallest absolute Gasteiger partial charge is 0.264 e. The van der Waals surface area contributed by atoms with Gasteiger partial charge in [-0.25, -0.2) is 0 Å². The zero-order chi connectivity index (χ0) is 12.4. The second-order valence-corrected chi connectivity index (χ2v) is 3.69. The van der Waals surface area contributed by atoms with Crippen LogP contribution in [0.4, 0.5) is 0 Å². The molecular formula is C12H14N2O3. The molecule has 0 saturated carbocycles. The van der Waals surface area contributed by atoms with Crippen molar-refractivity contribution in [3.63, 3.8) is 0 Å². The van der Waals surface area contributed by atoms with Gasteiger partial charge in [0.15, 0.2) is 0 Å². The Hall–Kier alpha value is -2.17. The van der Waals surface area contributed by atoms with Crippen molar-refractivity contribution < 1.29 is 9.47 Å². The lowest BCUT2D eigenvalue weighted by molar-refractivity contribution is 0.401. The second-order valence-electron chi connectivity index (χ2n) is 3.69. The molecule has 0 fully saturated rings. The van der Waals surface area contributed by atoms with E-state index in [4.69, 9.17) is 9.47 Å². The topological polar surface area (TPSA) is 67.1 Å². The molecule has 0 aliphatic rings. The largest absolute Gasteiger partial charge is 0.496 e. The van der Waals surface area contributed by atoms with E-state index in [1.165, 1.54) is 6.07 Å². The highest BCUT2D eigenvalue weighted by Gasteiger charge is 2.11. The van der Waals surface area contributed by atoms with Crippen molar-refractivity contribution in [1.29, 1.82) is 0 Å². The Bertz CT molecular complexity index is 584. The number of aromatic amines is 2. The highest BCUT2D eigenvalue weighted by molar-refractivity contribution is 5.70. The van der Waals surface area contributed by atoms with Crippen molar-refractivity contribution in [1.82, 2.24) is 10.2 Å². The third kappa shape index (κ3) is 2.04. The highest BCUT2D eigenvalue weighted by Crippen LogP contribution is 2.34. The summed E-state index contributed by atoms with van der Waals surface area (Å²) < 4.78 is 10.6. The van der Waals surface area contributed by atoms with Crippen LogP contribution in [-0.4, -0.2) is 24.4 Å². The lowest BCUT2D eigenvalue weighted by Crippen LogP contribution is -1.94. The molecule has 0 atom stereocenters. The van der Waals surface area contributed by atoms with E-state index in [-0.39, 0.29) is 5.56 Å². The molecular weight excluding hydrogens is 220 g/mol. The number of hydrogen-bond donors (Lipinski definition) is 2. The number of aromatic nitrogens is 2. The predicted octanol–water partition coefficient (Wildman–Crippen LogP) is 1.70. The van der Waals surface area contributed by atoms with Crippen LogP contribution < -0.4 is 15.0 Å². The average Bonchev–Trinajstić information content (AvgIpc) is 2.75. The van der Waals surface area contributed by atoms with Gasteiger partial charge in [-0.1, -0.05) is 0 Å². The Labute approximate surface area is 98.4 Å². The van der Waals surface area contributed by atoms with E-state index in [9.17, 15) is 4.79 Å². The van der Waals surface area contributed by atoms with Gasteiger partial charge >= 0.3 is 0 Å².